The molecule has 7 nitrogen and oxygen atoms in total. The molecule has 1 saturated heterocycles. The van der Waals surface area contributed by atoms with Gasteiger partial charge in [-0.05, 0) is 31.2 Å². The van der Waals surface area contributed by atoms with Crippen molar-refractivity contribution in [1.82, 2.24) is 15.2 Å². The molecule has 1 aromatic carbocycles. The van der Waals surface area contributed by atoms with E-state index >= 15 is 0 Å². The molecule has 0 spiro atoms. The van der Waals surface area contributed by atoms with Gasteiger partial charge >= 0.3 is 0 Å². The molecule has 1 aromatic heterocycles. The number of ether oxygens (including phenoxy) is 2. The minimum absolute atomic E-state index is 0.00124. The van der Waals surface area contributed by atoms with E-state index in [9.17, 15) is 0 Å². The molecule has 7 heteroatoms. The van der Waals surface area contributed by atoms with Crippen LogP contribution in [-0.4, -0.2) is 68.8 Å². The van der Waals surface area contributed by atoms with Crippen molar-refractivity contribution in [3.8, 4) is 11.5 Å². The number of aromatic nitrogens is 1. The Morgan fingerprint density at radius 2 is 1.93 bits per heavy atom. The fraction of sp³-hybridized carbons (Fsp3) is 0.429. The second-order valence-corrected chi connectivity index (χ2v) is 6.70. The SMILES string of the molecule is CN=C(NCC(C)Oc1cccc(OC)c1)N1CCN(c2ccccn2)CC1. The molecule has 2 heterocycles. The van der Waals surface area contributed by atoms with E-state index in [0.717, 1.165) is 49.5 Å². The van der Waals surface area contributed by atoms with Crippen LogP contribution in [0.2, 0.25) is 0 Å². The number of nitrogens with one attached hydrogen (secondary N) is 1. The average Bonchev–Trinajstić information content (AvgIpc) is 2.75. The van der Waals surface area contributed by atoms with Crippen molar-refractivity contribution < 1.29 is 9.47 Å². The summed E-state index contributed by atoms with van der Waals surface area (Å²) in [4.78, 5) is 13.5. The first-order valence-electron chi connectivity index (χ1n) is 9.62. The van der Waals surface area contributed by atoms with Crippen molar-refractivity contribution in [2.45, 2.75) is 13.0 Å². The van der Waals surface area contributed by atoms with E-state index in [1.165, 1.54) is 0 Å². The molecule has 0 amide bonds. The van der Waals surface area contributed by atoms with E-state index in [1.807, 2.05) is 56.6 Å². The molecular weight excluding hydrogens is 354 g/mol. The minimum Gasteiger partial charge on any atom is -0.497 e. The highest BCUT2D eigenvalue weighted by atomic mass is 16.5. The number of hydrogen-bond donors (Lipinski definition) is 1. The number of nitrogens with zero attached hydrogens (tertiary/aromatic N) is 4. The summed E-state index contributed by atoms with van der Waals surface area (Å²) in [6.07, 6.45) is 1.84. The van der Waals surface area contributed by atoms with E-state index < -0.39 is 0 Å². The van der Waals surface area contributed by atoms with Crippen LogP contribution in [0.5, 0.6) is 11.5 Å². The third-order valence-electron chi connectivity index (χ3n) is 4.69. The lowest BCUT2D eigenvalue weighted by Crippen LogP contribution is -2.53. The number of pyridine rings is 1. The van der Waals surface area contributed by atoms with Gasteiger partial charge in [-0.1, -0.05) is 12.1 Å². The van der Waals surface area contributed by atoms with Gasteiger partial charge in [-0.15, -0.1) is 0 Å². The molecule has 0 bridgehead atoms. The van der Waals surface area contributed by atoms with Gasteiger partial charge in [0, 0.05) is 45.5 Å². The van der Waals surface area contributed by atoms with E-state index in [-0.39, 0.29) is 6.10 Å². The minimum atomic E-state index is -0.00124. The lowest BCUT2D eigenvalue weighted by molar-refractivity contribution is 0.220. The normalized spacial score (nSPS) is 15.9. The largest absolute Gasteiger partial charge is 0.497 e. The van der Waals surface area contributed by atoms with Crippen LogP contribution >= 0.6 is 0 Å². The number of guanidine groups is 1. The summed E-state index contributed by atoms with van der Waals surface area (Å²) in [7, 11) is 3.47. The highest BCUT2D eigenvalue weighted by Gasteiger charge is 2.20. The number of hydrogen-bond acceptors (Lipinski definition) is 5. The van der Waals surface area contributed by atoms with Crippen LogP contribution in [0, 0.1) is 0 Å². The first-order valence-corrected chi connectivity index (χ1v) is 9.62. The van der Waals surface area contributed by atoms with Crippen LogP contribution in [0.25, 0.3) is 0 Å². The maximum absolute atomic E-state index is 5.98. The highest BCUT2D eigenvalue weighted by Crippen LogP contribution is 2.19. The Balaban J connectivity index is 1.47. The van der Waals surface area contributed by atoms with Gasteiger partial charge in [0.15, 0.2) is 5.96 Å². The summed E-state index contributed by atoms with van der Waals surface area (Å²) in [5, 5.41) is 3.43. The number of aliphatic imine (C=N–C) groups is 1. The Kier molecular flexibility index (Phi) is 6.94. The van der Waals surface area contributed by atoms with Crippen molar-refractivity contribution in [3.63, 3.8) is 0 Å². The molecule has 1 aliphatic rings. The Morgan fingerprint density at radius 3 is 2.61 bits per heavy atom. The third kappa shape index (κ3) is 5.28. The van der Waals surface area contributed by atoms with Gasteiger partial charge in [0.1, 0.15) is 23.4 Å². The smallest absolute Gasteiger partial charge is 0.193 e. The predicted molar refractivity (Wildman–Crippen MR) is 112 cm³/mol. The monoisotopic (exact) mass is 383 g/mol. The fourth-order valence-electron chi connectivity index (χ4n) is 3.20. The Bertz CT molecular complexity index is 760. The van der Waals surface area contributed by atoms with E-state index in [2.05, 4.69) is 31.2 Å². The maximum atomic E-state index is 5.98. The zero-order valence-electron chi connectivity index (χ0n) is 16.8. The van der Waals surface area contributed by atoms with Gasteiger partial charge in [0.05, 0.1) is 13.7 Å². The van der Waals surface area contributed by atoms with Gasteiger partial charge in [-0.2, -0.15) is 0 Å². The van der Waals surface area contributed by atoms with Gasteiger partial charge in [-0.25, -0.2) is 4.98 Å². The summed E-state index contributed by atoms with van der Waals surface area (Å²) in [5.74, 6) is 3.53. The quantitative estimate of drug-likeness (QED) is 0.610. The van der Waals surface area contributed by atoms with Crippen molar-refractivity contribution in [2.75, 3.05) is 51.8 Å². The summed E-state index contributed by atoms with van der Waals surface area (Å²) in [6, 6.07) is 13.7. The van der Waals surface area contributed by atoms with Gasteiger partial charge in [0.25, 0.3) is 0 Å². The molecular formula is C21H29N5O2. The first kappa shape index (κ1) is 19.8. The molecule has 150 valence electrons. The van der Waals surface area contributed by atoms with Crippen molar-refractivity contribution in [2.24, 2.45) is 4.99 Å². The van der Waals surface area contributed by atoms with Crippen LogP contribution in [0.1, 0.15) is 6.92 Å². The molecule has 0 saturated carbocycles. The summed E-state index contributed by atoms with van der Waals surface area (Å²) < 4.78 is 11.2. The van der Waals surface area contributed by atoms with Crippen LogP contribution in [0.3, 0.4) is 0 Å². The highest BCUT2D eigenvalue weighted by molar-refractivity contribution is 5.80. The number of anilines is 1. The number of benzene rings is 1. The molecule has 1 atom stereocenters. The maximum Gasteiger partial charge on any atom is 0.193 e. The number of piperazine rings is 1. The van der Waals surface area contributed by atoms with E-state index in [1.54, 1.807) is 7.11 Å². The topological polar surface area (TPSA) is 62.2 Å². The van der Waals surface area contributed by atoms with Crippen LogP contribution < -0.4 is 19.7 Å². The van der Waals surface area contributed by atoms with Gasteiger partial charge in [0.2, 0.25) is 0 Å². The Hall–Kier alpha value is -2.96. The van der Waals surface area contributed by atoms with Gasteiger partial charge < -0.3 is 24.6 Å². The van der Waals surface area contributed by atoms with Crippen LogP contribution in [0.15, 0.2) is 53.7 Å². The fourth-order valence-corrected chi connectivity index (χ4v) is 3.20. The first-order chi connectivity index (χ1) is 13.7. The molecule has 1 unspecified atom stereocenters. The van der Waals surface area contributed by atoms with E-state index in [4.69, 9.17) is 9.47 Å². The molecule has 3 rings (SSSR count). The molecule has 2 aromatic rings. The van der Waals surface area contributed by atoms with Gasteiger partial charge in [-0.3, -0.25) is 4.99 Å². The Labute approximate surface area is 167 Å². The average molecular weight is 383 g/mol. The summed E-state index contributed by atoms with van der Waals surface area (Å²) >= 11 is 0. The molecule has 28 heavy (non-hydrogen) atoms. The molecule has 1 aliphatic heterocycles. The summed E-state index contributed by atoms with van der Waals surface area (Å²) in [6.45, 7) is 6.37. The second kappa shape index (κ2) is 9.82. The van der Waals surface area contributed by atoms with Crippen LogP contribution in [0.4, 0.5) is 5.82 Å². The van der Waals surface area contributed by atoms with Crippen molar-refractivity contribution in [1.29, 1.82) is 0 Å². The zero-order valence-corrected chi connectivity index (χ0v) is 16.8. The number of rotatable bonds is 6. The molecule has 0 aliphatic carbocycles. The molecule has 1 N–H and O–H groups in total. The van der Waals surface area contributed by atoms with Crippen molar-refractivity contribution in [3.05, 3.63) is 48.7 Å². The number of methoxy groups -OCH3 is 1. The summed E-state index contributed by atoms with van der Waals surface area (Å²) in [5.41, 5.74) is 0. The zero-order chi connectivity index (χ0) is 19.8. The lowest BCUT2D eigenvalue weighted by Gasteiger charge is -2.37. The van der Waals surface area contributed by atoms with Crippen LogP contribution in [-0.2, 0) is 0 Å². The third-order valence-corrected chi connectivity index (χ3v) is 4.69. The lowest BCUT2D eigenvalue weighted by atomic mass is 10.3. The standard InChI is InChI=1S/C21H29N5O2/c1-17(28-19-8-6-7-18(15-19)27-3)16-24-21(22-2)26-13-11-25(12-14-26)20-9-4-5-10-23-20/h4-10,15,17H,11-14,16H2,1-3H3,(H,22,24). The van der Waals surface area contributed by atoms with Crippen molar-refractivity contribution >= 4 is 11.8 Å². The second-order valence-electron chi connectivity index (χ2n) is 6.70. The molecule has 0 radical (unpaired) electrons. The van der Waals surface area contributed by atoms with E-state index in [0.29, 0.717) is 6.54 Å². The Morgan fingerprint density at radius 1 is 1.14 bits per heavy atom. The molecule has 1 fully saturated rings. The predicted octanol–water partition coefficient (Wildman–Crippen LogP) is 2.26.